The van der Waals surface area contributed by atoms with Crippen LogP contribution < -0.4 is 20.3 Å². The van der Waals surface area contributed by atoms with Crippen molar-refractivity contribution >= 4 is 11.8 Å². The molecule has 2 aromatic carbocycles. The van der Waals surface area contributed by atoms with Gasteiger partial charge in [-0.25, -0.2) is 0 Å². The molecule has 150 valence electrons. The lowest BCUT2D eigenvalue weighted by molar-refractivity contribution is -0.123. The van der Waals surface area contributed by atoms with Gasteiger partial charge in [0.1, 0.15) is 11.5 Å². The maximum atomic E-state index is 12.4. The summed E-state index contributed by atoms with van der Waals surface area (Å²) in [5.74, 6) is 0.211. The van der Waals surface area contributed by atoms with E-state index in [0.29, 0.717) is 23.7 Å². The Morgan fingerprint density at radius 3 is 2.36 bits per heavy atom. The number of hydrogen-bond acceptors (Lipinski definition) is 4. The van der Waals surface area contributed by atoms with E-state index in [1.54, 1.807) is 18.2 Å². The van der Waals surface area contributed by atoms with Gasteiger partial charge in [0.2, 0.25) is 0 Å². The van der Waals surface area contributed by atoms with Crippen molar-refractivity contribution in [1.29, 1.82) is 0 Å². The SMILES string of the molecule is CCCCCOc1ccccc1C(=O)NNC(=O)COc1ccc(CC)cc1. The highest BCUT2D eigenvalue weighted by Crippen LogP contribution is 2.18. The van der Waals surface area contributed by atoms with Crippen LogP contribution in [0, 0.1) is 0 Å². The second-order valence-electron chi connectivity index (χ2n) is 6.34. The molecular weight excluding hydrogens is 356 g/mol. The summed E-state index contributed by atoms with van der Waals surface area (Å²) < 4.78 is 11.1. The van der Waals surface area contributed by atoms with E-state index in [4.69, 9.17) is 9.47 Å². The second-order valence-corrected chi connectivity index (χ2v) is 6.34. The number of carbonyl (C=O) groups excluding carboxylic acids is 2. The van der Waals surface area contributed by atoms with E-state index in [-0.39, 0.29) is 6.61 Å². The zero-order valence-electron chi connectivity index (χ0n) is 16.5. The summed E-state index contributed by atoms with van der Waals surface area (Å²) in [5, 5.41) is 0. The predicted molar refractivity (Wildman–Crippen MR) is 108 cm³/mol. The Balaban J connectivity index is 1.80. The monoisotopic (exact) mass is 384 g/mol. The highest BCUT2D eigenvalue weighted by atomic mass is 16.5. The van der Waals surface area contributed by atoms with Gasteiger partial charge >= 0.3 is 0 Å². The molecule has 6 heteroatoms. The van der Waals surface area contributed by atoms with Crippen molar-refractivity contribution in [3.8, 4) is 11.5 Å². The Morgan fingerprint density at radius 2 is 1.64 bits per heavy atom. The van der Waals surface area contributed by atoms with Crippen LogP contribution in [0.3, 0.4) is 0 Å². The third-order valence-electron chi connectivity index (χ3n) is 4.15. The Labute approximate surface area is 166 Å². The van der Waals surface area contributed by atoms with Crippen molar-refractivity contribution < 1.29 is 19.1 Å². The summed E-state index contributed by atoms with van der Waals surface area (Å²) in [6.07, 6.45) is 4.05. The minimum Gasteiger partial charge on any atom is -0.493 e. The number of hydrazine groups is 1. The van der Waals surface area contributed by atoms with Gasteiger partial charge < -0.3 is 9.47 Å². The van der Waals surface area contributed by atoms with Crippen LogP contribution in [-0.4, -0.2) is 25.0 Å². The molecule has 0 spiro atoms. The zero-order valence-corrected chi connectivity index (χ0v) is 16.5. The molecule has 2 N–H and O–H groups in total. The Kier molecular flexibility index (Phi) is 8.85. The number of rotatable bonds is 10. The van der Waals surface area contributed by atoms with Gasteiger partial charge in [0.15, 0.2) is 6.61 Å². The molecule has 0 aliphatic carbocycles. The lowest BCUT2D eigenvalue weighted by Gasteiger charge is -2.12. The van der Waals surface area contributed by atoms with Crippen molar-refractivity contribution in [2.45, 2.75) is 39.5 Å². The highest BCUT2D eigenvalue weighted by molar-refractivity contribution is 5.97. The molecule has 2 aromatic rings. The summed E-state index contributed by atoms with van der Waals surface area (Å²) >= 11 is 0. The first kappa shape index (κ1) is 21.3. The average Bonchev–Trinajstić information content (AvgIpc) is 2.74. The van der Waals surface area contributed by atoms with E-state index in [2.05, 4.69) is 24.7 Å². The Bertz CT molecular complexity index is 759. The van der Waals surface area contributed by atoms with E-state index in [1.165, 1.54) is 5.56 Å². The molecule has 0 atom stereocenters. The minimum atomic E-state index is -0.450. The first-order chi connectivity index (χ1) is 13.6. The minimum absolute atomic E-state index is 0.194. The Morgan fingerprint density at radius 1 is 0.893 bits per heavy atom. The quantitative estimate of drug-likeness (QED) is 0.484. The molecule has 0 heterocycles. The standard InChI is InChI=1S/C22H28N2O4/c1-3-5-8-15-27-20-10-7-6-9-19(20)22(26)24-23-21(25)16-28-18-13-11-17(4-2)12-14-18/h6-7,9-14H,3-5,8,15-16H2,1-2H3,(H,23,25)(H,24,26). The first-order valence-corrected chi connectivity index (χ1v) is 9.66. The zero-order chi connectivity index (χ0) is 20.2. The van der Waals surface area contributed by atoms with Gasteiger partial charge in [0.25, 0.3) is 11.8 Å². The van der Waals surface area contributed by atoms with Crippen molar-refractivity contribution in [2.24, 2.45) is 0 Å². The molecule has 0 bridgehead atoms. The third kappa shape index (κ3) is 6.95. The van der Waals surface area contributed by atoms with E-state index in [0.717, 1.165) is 25.7 Å². The molecule has 0 aliphatic heterocycles. The number of unbranched alkanes of at least 4 members (excludes halogenated alkanes) is 2. The maximum Gasteiger partial charge on any atom is 0.276 e. The summed E-state index contributed by atoms with van der Waals surface area (Å²) in [4.78, 5) is 24.3. The van der Waals surface area contributed by atoms with Crippen molar-refractivity contribution in [3.05, 3.63) is 59.7 Å². The third-order valence-corrected chi connectivity index (χ3v) is 4.15. The molecule has 28 heavy (non-hydrogen) atoms. The summed E-state index contributed by atoms with van der Waals surface area (Å²) in [6.45, 7) is 4.55. The molecule has 0 saturated carbocycles. The molecule has 0 radical (unpaired) electrons. The van der Waals surface area contributed by atoms with Gasteiger partial charge in [-0.1, -0.05) is 51.0 Å². The molecule has 0 fully saturated rings. The van der Waals surface area contributed by atoms with Crippen molar-refractivity contribution in [2.75, 3.05) is 13.2 Å². The predicted octanol–water partition coefficient (Wildman–Crippen LogP) is 3.66. The number of carbonyl (C=O) groups is 2. The van der Waals surface area contributed by atoms with Crippen LogP contribution in [0.1, 0.15) is 49.0 Å². The smallest absolute Gasteiger partial charge is 0.276 e. The molecule has 6 nitrogen and oxygen atoms in total. The van der Waals surface area contributed by atoms with Gasteiger partial charge in [-0.05, 0) is 42.7 Å². The van der Waals surface area contributed by atoms with E-state index < -0.39 is 11.8 Å². The topological polar surface area (TPSA) is 76.7 Å². The van der Waals surface area contributed by atoms with Gasteiger partial charge in [0.05, 0.1) is 12.2 Å². The van der Waals surface area contributed by atoms with Crippen molar-refractivity contribution in [3.63, 3.8) is 0 Å². The van der Waals surface area contributed by atoms with E-state index >= 15 is 0 Å². The number of hydrogen-bond donors (Lipinski definition) is 2. The largest absolute Gasteiger partial charge is 0.493 e. The summed E-state index contributed by atoms with van der Waals surface area (Å²) in [7, 11) is 0. The van der Waals surface area contributed by atoms with Crippen LogP contribution in [0.4, 0.5) is 0 Å². The van der Waals surface area contributed by atoms with Gasteiger partial charge in [-0.15, -0.1) is 0 Å². The van der Waals surface area contributed by atoms with E-state index in [9.17, 15) is 9.59 Å². The van der Waals surface area contributed by atoms with Crippen molar-refractivity contribution in [1.82, 2.24) is 10.9 Å². The van der Waals surface area contributed by atoms with Crippen LogP contribution in [0.25, 0.3) is 0 Å². The van der Waals surface area contributed by atoms with E-state index in [1.807, 2.05) is 30.3 Å². The molecule has 0 unspecified atom stereocenters. The van der Waals surface area contributed by atoms with Gasteiger partial charge in [-0.2, -0.15) is 0 Å². The lowest BCUT2D eigenvalue weighted by atomic mass is 10.2. The fourth-order valence-electron chi connectivity index (χ4n) is 2.51. The lowest BCUT2D eigenvalue weighted by Crippen LogP contribution is -2.43. The first-order valence-electron chi connectivity index (χ1n) is 9.66. The Hall–Kier alpha value is -3.02. The molecule has 0 aliphatic rings. The maximum absolute atomic E-state index is 12.4. The summed E-state index contributed by atoms with van der Waals surface area (Å²) in [5.41, 5.74) is 6.32. The fraction of sp³-hybridized carbons (Fsp3) is 0.364. The molecule has 2 rings (SSSR count). The molecule has 0 aromatic heterocycles. The normalized spacial score (nSPS) is 10.2. The van der Waals surface area contributed by atoms with Crippen LogP contribution in [0.15, 0.2) is 48.5 Å². The van der Waals surface area contributed by atoms with Gasteiger partial charge in [0, 0.05) is 0 Å². The number of benzene rings is 2. The van der Waals surface area contributed by atoms with Crippen LogP contribution in [-0.2, 0) is 11.2 Å². The summed E-state index contributed by atoms with van der Waals surface area (Å²) in [6, 6.07) is 14.5. The number of ether oxygens (including phenoxy) is 2. The molecular formula is C22H28N2O4. The highest BCUT2D eigenvalue weighted by Gasteiger charge is 2.13. The average molecular weight is 384 g/mol. The van der Waals surface area contributed by atoms with Crippen LogP contribution in [0.5, 0.6) is 11.5 Å². The molecule has 0 saturated heterocycles. The number of para-hydroxylation sites is 1. The fourth-order valence-corrected chi connectivity index (χ4v) is 2.51. The van der Waals surface area contributed by atoms with Gasteiger partial charge in [-0.3, -0.25) is 20.4 Å². The number of amides is 2. The van der Waals surface area contributed by atoms with Crippen LogP contribution in [0.2, 0.25) is 0 Å². The second kappa shape index (κ2) is 11.6. The van der Waals surface area contributed by atoms with Crippen LogP contribution >= 0.6 is 0 Å². The molecule has 2 amide bonds. The number of aryl methyl sites for hydroxylation is 1. The number of nitrogens with one attached hydrogen (secondary N) is 2.